The number of nitrogens with zero attached hydrogens (tertiary/aromatic N) is 2. The molecule has 0 aromatic heterocycles. The maximum absolute atomic E-state index is 12.6. The van der Waals surface area contributed by atoms with Crippen molar-refractivity contribution >= 4 is 17.5 Å². The monoisotopic (exact) mass is 407 g/mol. The first-order chi connectivity index (χ1) is 14.6. The molecule has 2 aliphatic rings. The van der Waals surface area contributed by atoms with Gasteiger partial charge in [0.1, 0.15) is 5.75 Å². The molecule has 2 aromatic rings. The molecule has 6 heteroatoms. The molecule has 30 heavy (non-hydrogen) atoms. The number of carbonyl (C=O) groups excluding carboxylic acids is 2. The highest BCUT2D eigenvalue weighted by Crippen LogP contribution is 2.33. The van der Waals surface area contributed by atoms with E-state index in [1.165, 1.54) is 19.3 Å². The van der Waals surface area contributed by atoms with E-state index in [4.69, 9.17) is 4.74 Å². The molecule has 1 fully saturated rings. The molecule has 0 saturated carbocycles. The summed E-state index contributed by atoms with van der Waals surface area (Å²) in [6.45, 7) is 6.24. The molecular weight excluding hydrogens is 378 g/mol. The fourth-order valence-electron chi connectivity index (χ4n) is 4.09. The Bertz CT molecular complexity index is 922. The second kappa shape index (κ2) is 9.30. The number of hydrogen-bond donors (Lipinski definition) is 1. The van der Waals surface area contributed by atoms with Gasteiger partial charge in [-0.15, -0.1) is 0 Å². The summed E-state index contributed by atoms with van der Waals surface area (Å²) in [6.07, 6.45) is 3.81. The van der Waals surface area contributed by atoms with Crippen molar-refractivity contribution in [3.63, 3.8) is 0 Å². The number of piperidine rings is 1. The molecule has 2 aromatic carbocycles. The van der Waals surface area contributed by atoms with E-state index in [9.17, 15) is 9.59 Å². The smallest absolute Gasteiger partial charge is 0.265 e. The van der Waals surface area contributed by atoms with Gasteiger partial charge in [-0.2, -0.15) is 0 Å². The minimum atomic E-state index is -0.0808. The average Bonchev–Trinajstić information content (AvgIpc) is 2.76. The number of amides is 2. The maximum Gasteiger partial charge on any atom is 0.265 e. The van der Waals surface area contributed by atoms with E-state index in [2.05, 4.69) is 10.2 Å². The first-order valence-corrected chi connectivity index (χ1v) is 10.7. The minimum Gasteiger partial charge on any atom is -0.482 e. The van der Waals surface area contributed by atoms with Gasteiger partial charge in [0.05, 0.1) is 12.2 Å². The molecular formula is C24H29N3O3. The van der Waals surface area contributed by atoms with Gasteiger partial charge < -0.3 is 19.9 Å². The fourth-order valence-corrected chi connectivity index (χ4v) is 4.09. The number of hydrogen-bond acceptors (Lipinski definition) is 4. The van der Waals surface area contributed by atoms with Crippen molar-refractivity contribution in [1.82, 2.24) is 10.2 Å². The Labute approximate surface area is 177 Å². The van der Waals surface area contributed by atoms with E-state index in [0.29, 0.717) is 18.7 Å². The normalized spacial score (nSPS) is 16.7. The van der Waals surface area contributed by atoms with Crippen LogP contribution in [-0.2, 0) is 11.3 Å². The first kappa shape index (κ1) is 20.4. The zero-order valence-electron chi connectivity index (χ0n) is 17.5. The predicted octanol–water partition coefficient (Wildman–Crippen LogP) is 3.14. The van der Waals surface area contributed by atoms with Gasteiger partial charge in [-0.05, 0) is 68.2 Å². The molecule has 0 radical (unpaired) electrons. The SMILES string of the molecule is Cc1ccc2c(c1)OCC(=O)N2Cc1cccc(C(=O)NCCN2CCCCC2)c1. The molecule has 4 rings (SSSR count). The van der Waals surface area contributed by atoms with Crippen LogP contribution in [0, 0.1) is 6.92 Å². The maximum atomic E-state index is 12.6. The lowest BCUT2D eigenvalue weighted by atomic mass is 10.1. The number of benzene rings is 2. The number of carbonyl (C=O) groups is 2. The van der Waals surface area contributed by atoms with E-state index in [-0.39, 0.29) is 18.4 Å². The highest BCUT2D eigenvalue weighted by atomic mass is 16.5. The Morgan fingerprint density at radius 1 is 1.10 bits per heavy atom. The van der Waals surface area contributed by atoms with Crippen molar-refractivity contribution in [1.29, 1.82) is 0 Å². The summed E-state index contributed by atoms with van der Waals surface area (Å²) in [6, 6.07) is 13.3. The zero-order valence-corrected chi connectivity index (χ0v) is 17.5. The van der Waals surface area contributed by atoms with Crippen LogP contribution in [0.25, 0.3) is 0 Å². The molecule has 6 nitrogen and oxygen atoms in total. The van der Waals surface area contributed by atoms with E-state index in [1.807, 2.05) is 49.4 Å². The number of ether oxygens (including phenoxy) is 1. The Balaban J connectivity index is 1.40. The zero-order chi connectivity index (χ0) is 20.9. The van der Waals surface area contributed by atoms with Crippen LogP contribution in [0.15, 0.2) is 42.5 Å². The second-order valence-electron chi connectivity index (χ2n) is 8.10. The van der Waals surface area contributed by atoms with Crippen LogP contribution in [0.1, 0.15) is 40.7 Å². The van der Waals surface area contributed by atoms with Gasteiger partial charge in [0, 0.05) is 18.7 Å². The largest absolute Gasteiger partial charge is 0.482 e. The molecule has 0 atom stereocenters. The number of nitrogens with one attached hydrogen (secondary N) is 1. The van der Waals surface area contributed by atoms with Crippen molar-refractivity contribution in [2.24, 2.45) is 0 Å². The van der Waals surface area contributed by atoms with Gasteiger partial charge >= 0.3 is 0 Å². The molecule has 0 aliphatic carbocycles. The number of rotatable bonds is 6. The molecule has 0 spiro atoms. The van der Waals surface area contributed by atoms with Crippen molar-refractivity contribution in [2.75, 3.05) is 37.7 Å². The first-order valence-electron chi connectivity index (χ1n) is 10.7. The van der Waals surface area contributed by atoms with Gasteiger partial charge in [-0.25, -0.2) is 0 Å². The van der Waals surface area contributed by atoms with Gasteiger partial charge in [0.25, 0.3) is 11.8 Å². The van der Waals surface area contributed by atoms with Crippen molar-refractivity contribution in [3.8, 4) is 5.75 Å². The Hall–Kier alpha value is -2.86. The molecule has 158 valence electrons. The highest BCUT2D eigenvalue weighted by molar-refractivity contribution is 5.98. The fraction of sp³-hybridized carbons (Fsp3) is 0.417. The predicted molar refractivity (Wildman–Crippen MR) is 117 cm³/mol. The van der Waals surface area contributed by atoms with Crippen LogP contribution in [0.3, 0.4) is 0 Å². The summed E-state index contributed by atoms with van der Waals surface area (Å²) < 4.78 is 5.58. The molecule has 0 bridgehead atoms. The third kappa shape index (κ3) is 4.82. The molecule has 2 heterocycles. The lowest BCUT2D eigenvalue weighted by Crippen LogP contribution is -2.38. The van der Waals surface area contributed by atoms with Gasteiger partial charge in [-0.1, -0.05) is 24.6 Å². The Morgan fingerprint density at radius 3 is 2.77 bits per heavy atom. The van der Waals surface area contributed by atoms with Crippen LogP contribution >= 0.6 is 0 Å². The van der Waals surface area contributed by atoms with E-state index >= 15 is 0 Å². The quantitative estimate of drug-likeness (QED) is 0.799. The molecule has 0 unspecified atom stereocenters. The number of aryl methyl sites for hydroxylation is 1. The van der Waals surface area contributed by atoms with Crippen LogP contribution in [-0.4, -0.2) is 49.5 Å². The lowest BCUT2D eigenvalue weighted by Gasteiger charge is -2.29. The van der Waals surface area contributed by atoms with Gasteiger partial charge in [-0.3, -0.25) is 9.59 Å². The number of likely N-dealkylation sites (tertiary alicyclic amines) is 1. The summed E-state index contributed by atoms with van der Waals surface area (Å²) in [4.78, 5) is 29.2. The highest BCUT2D eigenvalue weighted by Gasteiger charge is 2.25. The number of anilines is 1. The van der Waals surface area contributed by atoms with E-state index in [1.54, 1.807) is 4.90 Å². The summed E-state index contributed by atoms with van der Waals surface area (Å²) in [5, 5.41) is 3.03. The lowest BCUT2D eigenvalue weighted by molar-refractivity contribution is -0.121. The molecule has 2 aliphatic heterocycles. The van der Waals surface area contributed by atoms with Gasteiger partial charge in [0.15, 0.2) is 6.61 Å². The third-order valence-electron chi connectivity index (χ3n) is 5.75. The Kier molecular flexibility index (Phi) is 6.33. The summed E-state index contributed by atoms with van der Waals surface area (Å²) in [5.74, 6) is 0.571. The standard InChI is InChI=1S/C24H29N3O3/c1-18-8-9-21-22(14-18)30-17-23(28)27(21)16-19-6-5-7-20(15-19)24(29)25-10-13-26-11-3-2-4-12-26/h5-9,14-15H,2-4,10-13,16-17H2,1H3,(H,25,29). The van der Waals surface area contributed by atoms with Crippen molar-refractivity contribution in [3.05, 3.63) is 59.2 Å². The van der Waals surface area contributed by atoms with Crippen LogP contribution < -0.4 is 15.0 Å². The third-order valence-corrected chi connectivity index (χ3v) is 5.75. The van der Waals surface area contributed by atoms with E-state index in [0.717, 1.165) is 42.2 Å². The summed E-state index contributed by atoms with van der Waals surface area (Å²) in [7, 11) is 0. The number of fused-ring (bicyclic) bond motifs is 1. The minimum absolute atomic E-state index is 0.0349. The average molecular weight is 408 g/mol. The molecule has 1 saturated heterocycles. The van der Waals surface area contributed by atoms with Crippen LogP contribution in [0.5, 0.6) is 5.75 Å². The van der Waals surface area contributed by atoms with Crippen LogP contribution in [0.2, 0.25) is 0 Å². The van der Waals surface area contributed by atoms with Crippen molar-refractivity contribution < 1.29 is 14.3 Å². The van der Waals surface area contributed by atoms with Crippen LogP contribution in [0.4, 0.5) is 5.69 Å². The molecule has 1 N–H and O–H groups in total. The summed E-state index contributed by atoms with van der Waals surface area (Å²) >= 11 is 0. The van der Waals surface area contributed by atoms with Gasteiger partial charge in [0.2, 0.25) is 0 Å². The Morgan fingerprint density at radius 2 is 1.93 bits per heavy atom. The van der Waals surface area contributed by atoms with E-state index < -0.39 is 0 Å². The second-order valence-corrected chi connectivity index (χ2v) is 8.10. The molecule has 2 amide bonds. The van der Waals surface area contributed by atoms with Crippen molar-refractivity contribution in [2.45, 2.75) is 32.7 Å². The topological polar surface area (TPSA) is 61.9 Å². The summed E-state index contributed by atoms with van der Waals surface area (Å²) in [5.41, 5.74) is 3.40.